The van der Waals surface area contributed by atoms with Gasteiger partial charge in [0.15, 0.2) is 0 Å². The van der Waals surface area contributed by atoms with Crippen LogP contribution in [0.2, 0.25) is 0 Å². The van der Waals surface area contributed by atoms with Crippen molar-refractivity contribution in [2.24, 2.45) is 0 Å². The molecule has 0 atom stereocenters. The fraction of sp³-hybridized carbons (Fsp3) is 0.0833. The first-order chi connectivity index (χ1) is 7.16. The Balaban J connectivity index is 2.59. The lowest BCUT2D eigenvalue weighted by Crippen LogP contribution is -1.87. The maximum Gasteiger partial charge on any atom is 0.0731 e. The zero-order chi connectivity index (χ0) is 10.8. The van der Waals surface area contributed by atoms with E-state index in [4.69, 9.17) is 0 Å². The molecule has 1 aromatic carbocycles. The Morgan fingerprint density at radius 1 is 1.07 bits per heavy atom. The normalized spacial score (nSPS) is 10.3. The largest absolute Gasteiger partial charge is 0.256 e. The van der Waals surface area contributed by atoms with E-state index in [1.807, 2.05) is 18.3 Å². The standard InChI is InChI=1S/C12H9Br2N/c1-8-3-2-4-15-12(8)9-5-10(13)7-11(14)6-9/h2-7H,1H3. The van der Waals surface area contributed by atoms with Crippen molar-refractivity contribution in [3.63, 3.8) is 0 Å². The van der Waals surface area contributed by atoms with Crippen LogP contribution < -0.4 is 0 Å². The number of halogens is 2. The Hall–Kier alpha value is -0.670. The maximum atomic E-state index is 4.39. The summed E-state index contributed by atoms with van der Waals surface area (Å²) in [6, 6.07) is 10.2. The van der Waals surface area contributed by atoms with Gasteiger partial charge in [0.2, 0.25) is 0 Å². The van der Waals surface area contributed by atoms with Gasteiger partial charge in [0.1, 0.15) is 0 Å². The zero-order valence-corrected chi connectivity index (χ0v) is 11.3. The van der Waals surface area contributed by atoms with Crippen LogP contribution in [0.15, 0.2) is 45.5 Å². The van der Waals surface area contributed by atoms with Gasteiger partial charge in [0.05, 0.1) is 5.69 Å². The van der Waals surface area contributed by atoms with Gasteiger partial charge in [0.25, 0.3) is 0 Å². The minimum absolute atomic E-state index is 1.03. The van der Waals surface area contributed by atoms with Crippen LogP contribution in [-0.4, -0.2) is 4.98 Å². The molecule has 15 heavy (non-hydrogen) atoms. The summed E-state index contributed by atoms with van der Waals surface area (Å²) in [5.41, 5.74) is 3.33. The Labute approximate surface area is 106 Å². The molecule has 3 heteroatoms. The second-order valence-electron chi connectivity index (χ2n) is 3.33. The van der Waals surface area contributed by atoms with Crippen LogP contribution in [0.3, 0.4) is 0 Å². The van der Waals surface area contributed by atoms with Crippen LogP contribution in [0.5, 0.6) is 0 Å². The molecule has 0 saturated carbocycles. The van der Waals surface area contributed by atoms with Gasteiger partial charge in [-0.1, -0.05) is 37.9 Å². The van der Waals surface area contributed by atoms with Crippen molar-refractivity contribution in [2.45, 2.75) is 6.92 Å². The number of pyridine rings is 1. The average Bonchev–Trinajstić information content (AvgIpc) is 2.16. The minimum atomic E-state index is 1.03. The lowest BCUT2D eigenvalue weighted by Gasteiger charge is -2.05. The highest BCUT2D eigenvalue weighted by molar-refractivity contribution is 9.11. The van der Waals surface area contributed by atoms with E-state index >= 15 is 0 Å². The van der Waals surface area contributed by atoms with E-state index in [2.05, 4.69) is 62.0 Å². The highest BCUT2D eigenvalue weighted by Crippen LogP contribution is 2.27. The summed E-state index contributed by atoms with van der Waals surface area (Å²) in [4.78, 5) is 4.39. The van der Waals surface area contributed by atoms with Crippen LogP contribution in [0.25, 0.3) is 11.3 Å². The number of aromatic nitrogens is 1. The van der Waals surface area contributed by atoms with Gasteiger partial charge in [-0.2, -0.15) is 0 Å². The van der Waals surface area contributed by atoms with Gasteiger partial charge in [0, 0.05) is 20.7 Å². The number of rotatable bonds is 1. The van der Waals surface area contributed by atoms with Gasteiger partial charge in [-0.05, 0) is 36.8 Å². The van der Waals surface area contributed by atoms with Crippen LogP contribution in [-0.2, 0) is 0 Å². The Bertz CT molecular complexity index is 474. The highest BCUT2D eigenvalue weighted by Gasteiger charge is 2.04. The average molecular weight is 327 g/mol. The summed E-state index contributed by atoms with van der Waals surface area (Å²) >= 11 is 6.95. The summed E-state index contributed by atoms with van der Waals surface area (Å²) in [7, 11) is 0. The highest BCUT2D eigenvalue weighted by atomic mass is 79.9. The second-order valence-corrected chi connectivity index (χ2v) is 5.16. The third kappa shape index (κ3) is 2.47. The molecule has 0 aliphatic rings. The molecule has 76 valence electrons. The van der Waals surface area contributed by atoms with Gasteiger partial charge >= 0.3 is 0 Å². The molecular weight excluding hydrogens is 318 g/mol. The third-order valence-electron chi connectivity index (χ3n) is 2.15. The summed E-state index contributed by atoms with van der Waals surface area (Å²) in [5.74, 6) is 0. The summed E-state index contributed by atoms with van der Waals surface area (Å²) < 4.78 is 2.11. The first-order valence-corrected chi connectivity index (χ1v) is 6.13. The number of nitrogens with zero attached hydrogens (tertiary/aromatic N) is 1. The third-order valence-corrected chi connectivity index (χ3v) is 3.06. The van der Waals surface area contributed by atoms with E-state index in [0.29, 0.717) is 0 Å². The molecule has 0 spiro atoms. The van der Waals surface area contributed by atoms with Crippen LogP contribution in [0.1, 0.15) is 5.56 Å². The monoisotopic (exact) mass is 325 g/mol. The van der Waals surface area contributed by atoms with Crippen LogP contribution >= 0.6 is 31.9 Å². The van der Waals surface area contributed by atoms with Gasteiger partial charge in [-0.3, -0.25) is 4.98 Å². The fourth-order valence-corrected chi connectivity index (χ4v) is 2.77. The molecule has 1 aromatic heterocycles. The lowest BCUT2D eigenvalue weighted by molar-refractivity contribution is 1.27. The molecule has 0 N–H and O–H groups in total. The number of aryl methyl sites for hydroxylation is 1. The smallest absolute Gasteiger partial charge is 0.0731 e. The predicted molar refractivity (Wildman–Crippen MR) is 69.8 cm³/mol. The van der Waals surface area contributed by atoms with Crippen molar-refractivity contribution in [1.82, 2.24) is 4.98 Å². The van der Waals surface area contributed by atoms with Crippen molar-refractivity contribution in [2.75, 3.05) is 0 Å². The van der Waals surface area contributed by atoms with Gasteiger partial charge in [-0.15, -0.1) is 0 Å². The Morgan fingerprint density at radius 3 is 2.33 bits per heavy atom. The van der Waals surface area contributed by atoms with E-state index < -0.39 is 0 Å². The van der Waals surface area contributed by atoms with Crippen LogP contribution in [0, 0.1) is 6.92 Å². The molecule has 1 heterocycles. The van der Waals surface area contributed by atoms with Crippen molar-refractivity contribution in [3.05, 3.63) is 51.0 Å². The summed E-state index contributed by atoms with van der Waals surface area (Å²) in [6.07, 6.45) is 1.82. The maximum absolute atomic E-state index is 4.39. The molecule has 0 saturated heterocycles. The summed E-state index contributed by atoms with van der Waals surface area (Å²) in [5, 5.41) is 0. The van der Waals surface area contributed by atoms with E-state index in [1.165, 1.54) is 5.56 Å². The number of hydrogen-bond donors (Lipinski definition) is 0. The second kappa shape index (κ2) is 4.45. The number of hydrogen-bond acceptors (Lipinski definition) is 1. The number of benzene rings is 1. The first kappa shape index (κ1) is 10.8. The molecule has 0 radical (unpaired) electrons. The molecule has 2 aromatic rings. The van der Waals surface area contributed by atoms with Gasteiger partial charge < -0.3 is 0 Å². The van der Waals surface area contributed by atoms with E-state index in [9.17, 15) is 0 Å². The van der Waals surface area contributed by atoms with Gasteiger partial charge in [-0.25, -0.2) is 0 Å². The Kier molecular flexibility index (Phi) is 3.22. The van der Waals surface area contributed by atoms with E-state index in [0.717, 1.165) is 20.2 Å². The van der Waals surface area contributed by atoms with E-state index in [-0.39, 0.29) is 0 Å². The molecule has 0 bridgehead atoms. The minimum Gasteiger partial charge on any atom is -0.256 e. The molecular formula is C12H9Br2N. The Morgan fingerprint density at radius 2 is 1.73 bits per heavy atom. The van der Waals surface area contributed by atoms with E-state index in [1.54, 1.807) is 0 Å². The molecule has 0 unspecified atom stereocenters. The SMILES string of the molecule is Cc1cccnc1-c1cc(Br)cc(Br)c1. The fourth-order valence-electron chi connectivity index (χ4n) is 1.48. The predicted octanol–water partition coefficient (Wildman–Crippen LogP) is 4.58. The van der Waals surface area contributed by atoms with Crippen molar-refractivity contribution in [3.8, 4) is 11.3 Å². The zero-order valence-electron chi connectivity index (χ0n) is 8.17. The molecule has 0 aliphatic heterocycles. The topological polar surface area (TPSA) is 12.9 Å². The molecule has 0 fully saturated rings. The van der Waals surface area contributed by atoms with Crippen molar-refractivity contribution in [1.29, 1.82) is 0 Å². The molecule has 1 nitrogen and oxygen atoms in total. The molecule has 0 amide bonds. The quantitative estimate of drug-likeness (QED) is 0.747. The molecule has 0 aliphatic carbocycles. The lowest BCUT2D eigenvalue weighted by atomic mass is 10.1. The van der Waals surface area contributed by atoms with Crippen molar-refractivity contribution < 1.29 is 0 Å². The molecule has 2 rings (SSSR count). The summed E-state index contributed by atoms with van der Waals surface area (Å²) in [6.45, 7) is 2.07. The first-order valence-electron chi connectivity index (χ1n) is 4.55. The van der Waals surface area contributed by atoms with Crippen LogP contribution in [0.4, 0.5) is 0 Å². The van der Waals surface area contributed by atoms with Crippen molar-refractivity contribution >= 4 is 31.9 Å².